The van der Waals surface area contributed by atoms with Gasteiger partial charge in [0.2, 0.25) is 0 Å². The standard InChI is InChI=1S/C15H22N2O4/c1-2-3-9-21-10-8-16-15(20)17-13-7-5-4-6-12(13)11-14(18)19/h4-7H,2-3,8-11H2,1H3,(H,18,19)(H2,16,17,20). The highest BCUT2D eigenvalue weighted by Crippen LogP contribution is 2.15. The van der Waals surface area contributed by atoms with Crippen LogP contribution < -0.4 is 10.6 Å². The van der Waals surface area contributed by atoms with E-state index in [0.29, 0.717) is 31.0 Å². The lowest BCUT2D eigenvalue weighted by Crippen LogP contribution is -2.32. The molecule has 0 atom stereocenters. The van der Waals surface area contributed by atoms with Crippen LogP contribution in [0.1, 0.15) is 25.3 Å². The molecule has 0 radical (unpaired) electrons. The number of carboxylic acid groups (broad SMARTS) is 1. The number of rotatable bonds is 9. The Morgan fingerprint density at radius 3 is 2.71 bits per heavy atom. The lowest BCUT2D eigenvalue weighted by atomic mass is 10.1. The molecule has 0 aliphatic heterocycles. The molecule has 0 unspecified atom stereocenters. The molecule has 1 rings (SSSR count). The summed E-state index contributed by atoms with van der Waals surface area (Å²) < 4.78 is 5.33. The predicted molar refractivity (Wildman–Crippen MR) is 80.5 cm³/mol. The average molecular weight is 294 g/mol. The Labute approximate surface area is 124 Å². The molecule has 0 aliphatic rings. The first-order valence-corrected chi connectivity index (χ1v) is 7.05. The Balaban J connectivity index is 2.35. The topological polar surface area (TPSA) is 87.7 Å². The van der Waals surface area contributed by atoms with Gasteiger partial charge in [0, 0.05) is 18.8 Å². The minimum atomic E-state index is -0.936. The average Bonchev–Trinajstić information content (AvgIpc) is 2.44. The number of anilines is 1. The van der Waals surface area contributed by atoms with Crippen LogP contribution in [0.15, 0.2) is 24.3 Å². The molecule has 1 aromatic carbocycles. The van der Waals surface area contributed by atoms with Gasteiger partial charge in [-0.25, -0.2) is 4.79 Å². The minimum Gasteiger partial charge on any atom is -0.481 e. The van der Waals surface area contributed by atoms with E-state index in [2.05, 4.69) is 17.6 Å². The molecule has 0 fully saturated rings. The van der Waals surface area contributed by atoms with Gasteiger partial charge in [0.15, 0.2) is 0 Å². The third kappa shape index (κ3) is 7.31. The second-order valence-electron chi connectivity index (χ2n) is 4.57. The summed E-state index contributed by atoms with van der Waals surface area (Å²) in [4.78, 5) is 22.5. The molecular formula is C15H22N2O4. The van der Waals surface area contributed by atoms with Gasteiger partial charge in [-0.2, -0.15) is 0 Å². The number of carbonyl (C=O) groups is 2. The molecule has 0 saturated heterocycles. The molecule has 1 aromatic rings. The van der Waals surface area contributed by atoms with E-state index in [-0.39, 0.29) is 12.5 Å². The van der Waals surface area contributed by atoms with E-state index >= 15 is 0 Å². The normalized spacial score (nSPS) is 10.1. The van der Waals surface area contributed by atoms with E-state index in [4.69, 9.17) is 9.84 Å². The first-order valence-electron chi connectivity index (χ1n) is 7.05. The molecule has 0 spiro atoms. The number of unbranched alkanes of at least 4 members (excludes halogenated alkanes) is 1. The number of urea groups is 1. The number of carboxylic acids is 1. The van der Waals surface area contributed by atoms with Gasteiger partial charge in [-0.3, -0.25) is 4.79 Å². The second kappa shape index (κ2) is 9.77. The van der Waals surface area contributed by atoms with Gasteiger partial charge in [-0.05, 0) is 18.1 Å². The fourth-order valence-electron chi connectivity index (χ4n) is 1.71. The van der Waals surface area contributed by atoms with Gasteiger partial charge in [0.1, 0.15) is 0 Å². The molecule has 3 N–H and O–H groups in total. The largest absolute Gasteiger partial charge is 0.481 e. The summed E-state index contributed by atoms with van der Waals surface area (Å²) in [7, 11) is 0. The molecule has 6 heteroatoms. The Kier molecular flexibility index (Phi) is 7.89. The predicted octanol–water partition coefficient (Wildman–Crippen LogP) is 2.25. The fraction of sp³-hybridized carbons (Fsp3) is 0.467. The van der Waals surface area contributed by atoms with Crippen LogP contribution >= 0.6 is 0 Å². The van der Waals surface area contributed by atoms with Crippen molar-refractivity contribution < 1.29 is 19.4 Å². The molecule has 0 aliphatic carbocycles. The van der Waals surface area contributed by atoms with E-state index in [9.17, 15) is 9.59 Å². The number of nitrogens with one attached hydrogen (secondary N) is 2. The van der Waals surface area contributed by atoms with Crippen LogP contribution in [0, 0.1) is 0 Å². The Morgan fingerprint density at radius 2 is 2.00 bits per heavy atom. The Hall–Kier alpha value is -2.08. The second-order valence-corrected chi connectivity index (χ2v) is 4.57. The Morgan fingerprint density at radius 1 is 1.24 bits per heavy atom. The van der Waals surface area contributed by atoms with Gasteiger partial charge < -0.3 is 20.5 Å². The van der Waals surface area contributed by atoms with Crippen molar-refractivity contribution in [2.24, 2.45) is 0 Å². The maximum absolute atomic E-state index is 11.7. The van der Waals surface area contributed by atoms with Crippen molar-refractivity contribution in [2.45, 2.75) is 26.2 Å². The van der Waals surface area contributed by atoms with E-state index in [1.54, 1.807) is 24.3 Å². The van der Waals surface area contributed by atoms with Crippen molar-refractivity contribution >= 4 is 17.7 Å². The maximum Gasteiger partial charge on any atom is 0.319 e. The van der Waals surface area contributed by atoms with Gasteiger partial charge >= 0.3 is 12.0 Å². The summed E-state index contributed by atoms with van der Waals surface area (Å²) in [6.07, 6.45) is 1.96. The number of hydrogen-bond donors (Lipinski definition) is 3. The number of ether oxygens (including phenoxy) is 1. The zero-order valence-corrected chi connectivity index (χ0v) is 12.2. The molecule has 21 heavy (non-hydrogen) atoms. The minimum absolute atomic E-state index is 0.128. The summed E-state index contributed by atoms with van der Waals surface area (Å²) in [6.45, 7) is 3.66. The zero-order chi connectivity index (χ0) is 15.5. The molecule has 0 bridgehead atoms. The summed E-state index contributed by atoms with van der Waals surface area (Å²) in [5.41, 5.74) is 1.07. The van der Waals surface area contributed by atoms with Crippen LogP contribution in [0.4, 0.5) is 10.5 Å². The fourth-order valence-corrected chi connectivity index (χ4v) is 1.71. The highest BCUT2D eigenvalue weighted by atomic mass is 16.5. The van der Waals surface area contributed by atoms with E-state index in [0.717, 1.165) is 12.8 Å². The van der Waals surface area contributed by atoms with Crippen molar-refractivity contribution in [3.63, 3.8) is 0 Å². The smallest absolute Gasteiger partial charge is 0.319 e. The van der Waals surface area contributed by atoms with E-state index in [1.807, 2.05) is 0 Å². The quantitative estimate of drug-likeness (QED) is 0.610. The molecule has 0 saturated carbocycles. The summed E-state index contributed by atoms with van der Waals surface area (Å²) >= 11 is 0. The molecule has 116 valence electrons. The van der Waals surface area contributed by atoms with Crippen LogP contribution in [0.25, 0.3) is 0 Å². The SMILES string of the molecule is CCCCOCCNC(=O)Nc1ccccc1CC(=O)O. The van der Waals surface area contributed by atoms with Gasteiger partial charge in [0.05, 0.1) is 13.0 Å². The van der Waals surface area contributed by atoms with Crippen LogP contribution in [0.2, 0.25) is 0 Å². The number of para-hydroxylation sites is 1. The van der Waals surface area contributed by atoms with Gasteiger partial charge in [0.25, 0.3) is 0 Å². The first kappa shape index (κ1) is 17.0. The van der Waals surface area contributed by atoms with Gasteiger partial charge in [-0.15, -0.1) is 0 Å². The number of hydrogen-bond acceptors (Lipinski definition) is 3. The highest BCUT2D eigenvalue weighted by Gasteiger charge is 2.08. The van der Waals surface area contributed by atoms with E-state index < -0.39 is 5.97 Å². The van der Waals surface area contributed by atoms with Crippen LogP contribution in [-0.4, -0.2) is 36.9 Å². The third-order valence-corrected chi connectivity index (χ3v) is 2.78. The lowest BCUT2D eigenvalue weighted by Gasteiger charge is -2.11. The summed E-state index contributed by atoms with van der Waals surface area (Å²) in [6, 6.07) is 6.47. The highest BCUT2D eigenvalue weighted by molar-refractivity contribution is 5.90. The lowest BCUT2D eigenvalue weighted by molar-refractivity contribution is -0.136. The van der Waals surface area contributed by atoms with Crippen LogP contribution in [0.5, 0.6) is 0 Å². The van der Waals surface area contributed by atoms with Crippen LogP contribution in [0.3, 0.4) is 0 Å². The van der Waals surface area contributed by atoms with Crippen molar-refractivity contribution in [3.8, 4) is 0 Å². The number of aliphatic carboxylic acids is 1. The summed E-state index contributed by atoms with van der Waals surface area (Å²) in [5.74, 6) is -0.936. The first-order chi connectivity index (χ1) is 10.1. The molecule has 2 amide bonds. The third-order valence-electron chi connectivity index (χ3n) is 2.78. The maximum atomic E-state index is 11.7. The summed E-state index contributed by atoms with van der Waals surface area (Å²) in [5, 5.41) is 14.1. The van der Waals surface area contributed by atoms with Crippen LogP contribution in [-0.2, 0) is 16.0 Å². The van der Waals surface area contributed by atoms with Gasteiger partial charge in [-0.1, -0.05) is 31.5 Å². The molecule has 6 nitrogen and oxygen atoms in total. The van der Waals surface area contributed by atoms with Crippen molar-refractivity contribution in [1.29, 1.82) is 0 Å². The Bertz CT molecular complexity index is 463. The van der Waals surface area contributed by atoms with Crippen molar-refractivity contribution in [1.82, 2.24) is 5.32 Å². The van der Waals surface area contributed by atoms with Crippen molar-refractivity contribution in [2.75, 3.05) is 25.1 Å². The zero-order valence-electron chi connectivity index (χ0n) is 12.2. The van der Waals surface area contributed by atoms with E-state index in [1.165, 1.54) is 0 Å². The molecule has 0 heterocycles. The monoisotopic (exact) mass is 294 g/mol. The number of amides is 2. The molecular weight excluding hydrogens is 272 g/mol. The van der Waals surface area contributed by atoms with Crippen molar-refractivity contribution in [3.05, 3.63) is 29.8 Å². The number of benzene rings is 1. The number of carbonyl (C=O) groups excluding carboxylic acids is 1. The molecule has 0 aromatic heterocycles.